The summed E-state index contributed by atoms with van der Waals surface area (Å²) in [6, 6.07) is 7.63. The van der Waals surface area contributed by atoms with Gasteiger partial charge in [-0.3, -0.25) is 4.79 Å². The fourth-order valence-electron chi connectivity index (χ4n) is 3.54. The molecule has 1 atom stereocenters. The van der Waals surface area contributed by atoms with E-state index in [0.717, 1.165) is 29.7 Å². The fourth-order valence-corrected chi connectivity index (χ4v) is 3.66. The minimum absolute atomic E-state index is 0.0763. The van der Waals surface area contributed by atoms with Crippen LogP contribution in [0.4, 0.5) is 5.95 Å². The van der Waals surface area contributed by atoms with E-state index in [-0.39, 0.29) is 11.8 Å². The number of anilines is 1. The zero-order chi connectivity index (χ0) is 20.5. The van der Waals surface area contributed by atoms with Crippen molar-refractivity contribution in [3.05, 3.63) is 41.2 Å². The number of carbonyl (C=O) groups is 1. The Labute approximate surface area is 171 Å². The van der Waals surface area contributed by atoms with Gasteiger partial charge in [-0.05, 0) is 44.4 Å². The molecule has 150 valence electrons. The highest BCUT2D eigenvalue weighted by Crippen LogP contribution is 2.34. The number of hydrogen-bond acceptors (Lipinski definition) is 5. The summed E-state index contributed by atoms with van der Waals surface area (Å²) in [5, 5.41) is 10.8. The van der Waals surface area contributed by atoms with Gasteiger partial charge in [0.25, 0.3) is 5.91 Å². The van der Waals surface area contributed by atoms with E-state index in [1.165, 1.54) is 13.8 Å². The van der Waals surface area contributed by atoms with Gasteiger partial charge in [-0.2, -0.15) is 0 Å². The molecule has 1 saturated heterocycles. The highest BCUT2D eigenvalue weighted by Gasteiger charge is 2.34. The van der Waals surface area contributed by atoms with Gasteiger partial charge in [0, 0.05) is 49.9 Å². The Bertz CT molecular complexity index is 846. The largest absolute Gasteiger partial charge is 0.381 e. The van der Waals surface area contributed by atoms with Crippen molar-refractivity contribution in [2.24, 2.45) is 0 Å². The van der Waals surface area contributed by atoms with E-state index >= 15 is 0 Å². The van der Waals surface area contributed by atoms with Crippen LogP contribution in [0.15, 0.2) is 30.5 Å². The predicted octanol–water partition coefficient (Wildman–Crippen LogP) is 3.34. The summed E-state index contributed by atoms with van der Waals surface area (Å²) in [4.78, 5) is 25.5. The van der Waals surface area contributed by atoms with Crippen LogP contribution in [0, 0.1) is 0 Å². The number of amides is 1. The van der Waals surface area contributed by atoms with Gasteiger partial charge in [-0.25, -0.2) is 9.97 Å². The molecule has 0 saturated carbocycles. The van der Waals surface area contributed by atoms with Crippen LogP contribution in [0.25, 0.3) is 11.1 Å². The van der Waals surface area contributed by atoms with E-state index in [9.17, 15) is 9.90 Å². The molecule has 6 nitrogen and oxygen atoms in total. The van der Waals surface area contributed by atoms with Crippen molar-refractivity contribution in [3.8, 4) is 11.1 Å². The van der Waals surface area contributed by atoms with Crippen molar-refractivity contribution in [1.29, 1.82) is 0 Å². The Hall–Kier alpha value is -2.18. The molecular formula is C21H27ClN4O2. The molecule has 7 heteroatoms. The van der Waals surface area contributed by atoms with E-state index in [4.69, 9.17) is 16.6 Å². The minimum Gasteiger partial charge on any atom is -0.381 e. The Kier molecular flexibility index (Phi) is 5.91. The Morgan fingerprint density at radius 3 is 2.57 bits per heavy atom. The first-order valence-electron chi connectivity index (χ1n) is 9.49. The van der Waals surface area contributed by atoms with E-state index < -0.39 is 5.60 Å². The van der Waals surface area contributed by atoms with Gasteiger partial charge < -0.3 is 14.9 Å². The van der Waals surface area contributed by atoms with Crippen LogP contribution in [0.1, 0.15) is 38.3 Å². The number of likely N-dealkylation sites (tertiary alicyclic amines) is 1. The van der Waals surface area contributed by atoms with Crippen LogP contribution in [-0.2, 0) is 4.79 Å². The number of nitrogens with zero attached hydrogens (tertiary/aromatic N) is 4. The lowest BCUT2D eigenvalue weighted by Gasteiger charge is -2.36. The summed E-state index contributed by atoms with van der Waals surface area (Å²) >= 11 is 6.05. The molecule has 1 aliphatic heterocycles. The maximum absolute atomic E-state index is 12.6. The van der Waals surface area contributed by atoms with Crippen LogP contribution >= 0.6 is 11.6 Å². The lowest BCUT2D eigenvalue weighted by Crippen LogP contribution is -2.48. The van der Waals surface area contributed by atoms with Crippen LogP contribution in [0.3, 0.4) is 0 Å². The van der Waals surface area contributed by atoms with Gasteiger partial charge in [0.15, 0.2) is 0 Å². The van der Waals surface area contributed by atoms with Gasteiger partial charge in [-0.15, -0.1) is 0 Å². The third-order valence-electron chi connectivity index (χ3n) is 4.98. The molecule has 1 unspecified atom stereocenters. The van der Waals surface area contributed by atoms with E-state index in [0.29, 0.717) is 24.1 Å². The van der Waals surface area contributed by atoms with Gasteiger partial charge in [0.1, 0.15) is 5.60 Å². The predicted molar refractivity (Wildman–Crippen MR) is 112 cm³/mol. The van der Waals surface area contributed by atoms with E-state index in [2.05, 4.69) is 4.98 Å². The molecule has 0 aliphatic carbocycles. The van der Waals surface area contributed by atoms with Crippen LogP contribution in [0.2, 0.25) is 5.02 Å². The first kappa shape index (κ1) is 20.6. The van der Waals surface area contributed by atoms with E-state index in [1.54, 1.807) is 4.90 Å². The Morgan fingerprint density at radius 2 is 1.96 bits per heavy atom. The number of halogens is 1. The number of aliphatic hydroxyl groups is 1. The summed E-state index contributed by atoms with van der Waals surface area (Å²) in [7, 11) is 3.82. The summed E-state index contributed by atoms with van der Waals surface area (Å²) < 4.78 is 0. The third kappa shape index (κ3) is 4.45. The Morgan fingerprint density at radius 1 is 1.29 bits per heavy atom. The lowest BCUT2D eigenvalue weighted by molar-refractivity contribution is -0.149. The highest BCUT2D eigenvalue weighted by atomic mass is 35.5. The number of aromatic nitrogens is 2. The van der Waals surface area contributed by atoms with Crippen molar-refractivity contribution in [2.75, 3.05) is 32.1 Å². The van der Waals surface area contributed by atoms with Crippen molar-refractivity contribution in [1.82, 2.24) is 14.9 Å². The summed E-state index contributed by atoms with van der Waals surface area (Å²) in [5.41, 5.74) is 1.50. The normalized spacial score (nSPS) is 17.5. The fraction of sp³-hybridized carbons (Fsp3) is 0.476. The van der Waals surface area contributed by atoms with Crippen LogP contribution in [-0.4, -0.2) is 58.7 Å². The topological polar surface area (TPSA) is 69.6 Å². The zero-order valence-electron chi connectivity index (χ0n) is 16.8. The molecule has 0 radical (unpaired) electrons. The number of hydrogen-bond donors (Lipinski definition) is 1. The number of benzene rings is 1. The molecule has 2 heterocycles. The second kappa shape index (κ2) is 8.05. The maximum Gasteiger partial charge on any atom is 0.253 e. The molecule has 0 spiro atoms. The summed E-state index contributed by atoms with van der Waals surface area (Å²) in [5.74, 6) is 0.471. The van der Waals surface area contributed by atoms with Crippen molar-refractivity contribution < 1.29 is 9.90 Å². The van der Waals surface area contributed by atoms with E-state index in [1.807, 2.05) is 49.5 Å². The van der Waals surface area contributed by atoms with Gasteiger partial charge >= 0.3 is 0 Å². The molecule has 28 heavy (non-hydrogen) atoms. The minimum atomic E-state index is -1.37. The van der Waals surface area contributed by atoms with Gasteiger partial charge in [0.2, 0.25) is 5.95 Å². The lowest BCUT2D eigenvalue weighted by atomic mass is 9.89. The number of carbonyl (C=O) groups excluding carboxylic acids is 1. The highest BCUT2D eigenvalue weighted by molar-refractivity contribution is 6.30. The average molecular weight is 403 g/mol. The molecule has 1 aliphatic rings. The van der Waals surface area contributed by atoms with Crippen molar-refractivity contribution in [3.63, 3.8) is 0 Å². The molecule has 1 aromatic carbocycles. The first-order valence-corrected chi connectivity index (χ1v) is 9.86. The van der Waals surface area contributed by atoms with Crippen LogP contribution < -0.4 is 4.90 Å². The monoisotopic (exact) mass is 402 g/mol. The zero-order valence-corrected chi connectivity index (χ0v) is 17.6. The Balaban J connectivity index is 1.99. The molecular weight excluding hydrogens is 376 g/mol. The first-order chi connectivity index (χ1) is 13.2. The molecule has 1 aromatic heterocycles. The molecule has 1 fully saturated rings. The summed E-state index contributed by atoms with van der Waals surface area (Å²) in [6.07, 6.45) is 3.64. The van der Waals surface area contributed by atoms with Gasteiger partial charge in [-0.1, -0.05) is 23.7 Å². The molecule has 3 rings (SSSR count). The average Bonchev–Trinajstić information content (AvgIpc) is 2.67. The smallest absolute Gasteiger partial charge is 0.253 e. The van der Waals surface area contributed by atoms with Crippen molar-refractivity contribution in [2.45, 2.75) is 38.2 Å². The van der Waals surface area contributed by atoms with Crippen molar-refractivity contribution >= 4 is 23.5 Å². The summed E-state index contributed by atoms with van der Waals surface area (Å²) in [6.45, 7) is 4.26. The molecule has 1 amide bonds. The molecule has 2 aromatic rings. The maximum atomic E-state index is 12.6. The number of rotatable bonds is 4. The molecule has 1 N–H and O–H groups in total. The quantitative estimate of drug-likeness (QED) is 0.849. The van der Waals surface area contributed by atoms with Gasteiger partial charge in [0.05, 0.1) is 5.69 Å². The molecule has 0 bridgehead atoms. The SMILES string of the molecule is CN(C)c1ncc(-c2ccc(Cl)cc2)c(C2CCCN(C(=O)C(C)(C)O)C2)n1. The second-order valence-corrected chi connectivity index (χ2v) is 8.46. The standard InChI is InChI=1S/C21H27ClN4O2/c1-21(2,28)19(27)26-11-5-6-15(13-26)18-17(12-23-20(24-18)25(3)4)14-7-9-16(22)10-8-14/h7-10,12,15,28H,5-6,11,13H2,1-4H3. The second-order valence-electron chi connectivity index (χ2n) is 8.02. The van der Waals surface area contributed by atoms with Crippen LogP contribution in [0.5, 0.6) is 0 Å². The third-order valence-corrected chi connectivity index (χ3v) is 5.23. The number of piperidine rings is 1.